The van der Waals surface area contributed by atoms with Crippen molar-refractivity contribution in [2.24, 2.45) is 5.73 Å². The second-order valence-corrected chi connectivity index (χ2v) is 5.80. The Morgan fingerprint density at radius 3 is 2.96 bits per heavy atom. The van der Waals surface area contributed by atoms with E-state index in [1.54, 1.807) is 0 Å². The van der Waals surface area contributed by atoms with Crippen LogP contribution in [0.4, 0.5) is 11.5 Å². The Kier molecular flexibility index (Phi) is 4.52. The van der Waals surface area contributed by atoms with E-state index in [0.29, 0.717) is 17.9 Å². The van der Waals surface area contributed by atoms with Gasteiger partial charge in [-0.05, 0) is 50.1 Å². The van der Waals surface area contributed by atoms with E-state index in [1.165, 1.54) is 0 Å². The smallest absolute Gasteiger partial charge is 0.254 e. The van der Waals surface area contributed by atoms with Crippen LogP contribution < -0.4 is 11.1 Å². The van der Waals surface area contributed by atoms with Gasteiger partial charge in [-0.3, -0.25) is 4.79 Å². The maximum absolute atomic E-state index is 12.7. The van der Waals surface area contributed by atoms with Crippen molar-refractivity contribution >= 4 is 17.4 Å². The summed E-state index contributed by atoms with van der Waals surface area (Å²) in [7, 11) is 0. The van der Waals surface area contributed by atoms with Gasteiger partial charge >= 0.3 is 0 Å². The van der Waals surface area contributed by atoms with Crippen molar-refractivity contribution in [3.05, 3.63) is 47.7 Å². The van der Waals surface area contributed by atoms with E-state index >= 15 is 0 Å². The number of carbonyl (C=O) groups excluding carboxylic acids is 1. The molecular formula is C17H21N5O. The average molecular weight is 311 g/mol. The summed E-state index contributed by atoms with van der Waals surface area (Å²) in [5.74, 6) is 0.692. The number of benzene rings is 1. The molecule has 0 bridgehead atoms. The number of aromatic nitrogens is 2. The van der Waals surface area contributed by atoms with Crippen LogP contribution in [0.1, 0.15) is 28.9 Å². The molecule has 2 aromatic rings. The van der Waals surface area contributed by atoms with E-state index in [4.69, 9.17) is 5.73 Å². The average Bonchev–Trinajstić information content (AvgIpc) is 3.05. The third-order valence-corrected chi connectivity index (χ3v) is 4.09. The fraction of sp³-hybridized carbons (Fsp3) is 0.353. The lowest BCUT2D eigenvalue weighted by atomic mass is 10.1. The molecule has 1 aromatic carbocycles. The number of amides is 1. The third-order valence-electron chi connectivity index (χ3n) is 4.09. The molecule has 1 atom stereocenters. The summed E-state index contributed by atoms with van der Waals surface area (Å²) in [6, 6.07) is 11.4. The predicted molar refractivity (Wildman–Crippen MR) is 89.6 cm³/mol. The number of rotatable bonds is 4. The fourth-order valence-electron chi connectivity index (χ4n) is 2.86. The second-order valence-electron chi connectivity index (χ2n) is 5.80. The Labute approximate surface area is 135 Å². The van der Waals surface area contributed by atoms with Crippen molar-refractivity contribution in [3.8, 4) is 0 Å². The van der Waals surface area contributed by atoms with Crippen LogP contribution in [0, 0.1) is 6.92 Å². The molecule has 0 unspecified atom stereocenters. The van der Waals surface area contributed by atoms with Gasteiger partial charge in [0.25, 0.3) is 5.91 Å². The quantitative estimate of drug-likeness (QED) is 0.903. The zero-order chi connectivity index (χ0) is 16.2. The summed E-state index contributed by atoms with van der Waals surface area (Å²) in [6.45, 7) is 3.18. The lowest BCUT2D eigenvalue weighted by Gasteiger charge is -2.23. The van der Waals surface area contributed by atoms with E-state index in [-0.39, 0.29) is 11.9 Å². The summed E-state index contributed by atoms with van der Waals surface area (Å²) in [4.78, 5) is 14.6. The van der Waals surface area contributed by atoms with Crippen molar-refractivity contribution < 1.29 is 4.79 Å². The number of nitrogens with two attached hydrogens (primary N) is 1. The van der Waals surface area contributed by atoms with Crippen molar-refractivity contribution in [1.29, 1.82) is 0 Å². The van der Waals surface area contributed by atoms with Gasteiger partial charge < -0.3 is 16.0 Å². The molecule has 1 aromatic heterocycles. The standard InChI is InChI=1S/C17H21N5O/c1-12-7-8-16(21-20-12)19-14-5-2-4-13(10-14)17(23)22-9-3-6-15(22)11-18/h2,4-5,7-8,10,15H,3,6,9,11,18H2,1H3,(H,19,21)/t15-/m1/s1. The first-order valence-corrected chi connectivity index (χ1v) is 7.86. The van der Waals surface area contributed by atoms with Gasteiger partial charge in [0.1, 0.15) is 0 Å². The lowest BCUT2D eigenvalue weighted by Crippen LogP contribution is -2.39. The van der Waals surface area contributed by atoms with Crippen LogP contribution in [-0.2, 0) is 0 Å². The van der Waals surface area contributed by atoms with Crippen molar-refractivity contribution in [3.63, 3.8) is 0 Å². The Morgan fingerprint density at radius 1 is 1.35 bits per heavy atom. The Morgan fingerprint density at radius 2 is 2.22 bits per heavy atom. The van der Waals surface area contributed by atoms with Gasteiger partial charge in [0, 0.05) is 30.4 Å². The molecule has 1 amide bonds. The predicted octanol–water partition coefficient (Wildman–Crippen LogP) is 2.09. The number of nitrogens with one attached hydrogen (secondary N) is 1. The molecule has 6 nitrogen and oxygen atoms in total. The van der Waals surface area contributed by atoms with E-state index < -0.39 is 0 Å². The van der Waals surface area contributed by atoms with E-state index in [1.807, 2.05) is 48.2 Å². The highest BCUT2D eigenvalue weighted by molar-refractivity contribution is 5.95. The topological polar surface area (TPSA) is 84.1 Å². The SMILES string of the molecule is Cc1ccc(Nc2cccc(C(=O)N3CCC[C@@H]3CN)c2)nn1. The van der Waals surface area contributed by atoms with E-state index in [0.717, 1.165) is 30.8 Å². The zero-order valence-corrected chi connectivity index (χ0v) is 13.2. The fourth-order valence-corrected chi connectivity index (χ4v) is 2.86. The molecular weight excluding hydrogens is 290 g/mol. The van der Waals surface area contributed by atoms with E-state index in [2.05, 4.69) is 15.5 Å². The first-order valence-electron chi connectivity index (χ1n) is 7.86. The third kappa shape index (κ3) is 3.48. The summed E-state index contributed by atoms with van der Waals surface area (Å²) in [5.41, 5.74) is 8.10. The number of hydrogen-bond donors (Lipinski definition) is 2. The zero-order valence-electron chi connectivity index (χ0n) is 13.2. The second kappa shape index (κ2) is 6.75. The lowest BCUT2D eigenvalue weighted by molar-refractivity contribution is 0.0741. The largest absolute Gasteiger partial charge is 0.339 e. The van der Waals surface area contributed by atoms with Gasteiger partial charge in [0.05, 0.1) is 5.69 Å². The van der Waals surface area contributed by atoms with Gasteiger partial charge in [-0.1, -0.05) is 6.07 Å². The van der Waals surface area contributed by atoms with Crippen molar-refractivity contribution in [2.45, 2.75) is 25.8 Å². The van der Waals surface area contributed by atoms with Crippen molar-refractivity contribution in [1.82, 2.24) is 15.1 Å². The van der Waals surface area contributed by atoms with Crippen LogP contribution in [0.15, 0.2) is 36.4 Å². The maximum Gasteiger partial charge on any atom is 0.254 e. The van der Waals surface area contributed by atoms with Crippen LogP contribution in [0.2, 0.25) is 0 Å². The molecule has 120 valence electrons. The molecule has 2 heterocycles. The summed E-state index contributed by atoms with van der Waals surface area (Å²) < 4.78 is 0. The van der Waals surface area contributed by atoms with Crippen LogP contribution in [0.3, 0.4) is 0 Å². The molecule has 23 heavy (non-hydrogen) atoms. The Balaban J connectivity index is 1.76. The van der Waals surface area contributed by atoms with Crippen molar-refractivity contribution in [2.75, 3.05) is 18.4 Å². The van der Waals surface area contributed by atoms with Gasteiger partial charge in [-0.15, -0.1) is 5.10 Å². The summed E-state index contributed by atoms with van der Waals surface area (Å²) >= 11 is 0. The summed E-state index contributed by atoms with van der Waals surface area (Å²) in [6.07, 6.45) is 2.00. The maximum atomic E-state index is 12.7. The van der Waals surface area contributed by atoms with Crippen LogP contribution >= 0.6 is 0 Å². The minimum Gasteiger partial charge on any atom is -0.339 e. The highest BCUT2D eigenvalue weighted by atomic mass is 16.2. The molecule has 0 saturated carbocycles. The molecule has 6 heteroatoms. The van der Waals surface area contributed by atoms with Crippen LogP contribution in [0.5, 0.6) is 0 Å². The van der Waals surface area contributed by atoms with Gasteiger partial charge in [-0.2, -0.15) is 5.10 Å². The molecule has 1 aliphatic heterocycles. The number of nitrogens with zero attached hydrogens (tertiary/aromatic N) is 3. The number of likely N-dealkylation sites (tertiary alicyclic amines) is 1. The number of anilines is 2. The molecule has 0 radical (unpaired) electrons. The summed E-state index contributed by atoms with van der Waals surface area (Å²) in [5, 5.41) is 11.3. The van der Waals surface area contributed by atoms with Gasteiger partial charge in [0.15, 0.2) is 5.82 Å². The van der Waals surface area contributed by atoms with Crippen LogP contribution in [-0.4, -0.2) is 40.1 Å². The Hall–Kier alpha value is -2.47. The first-order chi connectivity index (χ1) is 11.2. The molecule has 3 rings (SSSR count). The first kappa shape index (κ1) is 15.4. The van der Waals surface area contributed by atoms with Crippen LogP contribution in [0.25, 0.3) is 0 Å². The minimum absolute atomic E-state index is 0.0385. The highest BCUT2D eigenvalue weighted by Crippen LogP contribution is 2.22. The number of aryl methyl sites for hydroxylation is 1. The minimum atomic E-state index is 0.0385. The normalized spacial score (nSPS) is 17.3. The molecule has 0 aliphatic carbocycles. The Bertz CT molecular complexity index is 686. The highest BCUT2D eigenvalue weighted by Gasteiger charge is 2.28. The molecule has 1 fully saturated rings. The van der Waals surface area contributed by atoms with E-state index in [9.17, 15) is 4.79 Å². The monoisotopic (exact) mass is 311 g/mol. The van der Waals surface area contributed by atoms with Gasteiger partial charge in [0.2, 0.25) is 0 Å². The number of carbonyl (C=O) groups is 1. The molecule has 1 aliphatic rings. The molecule has 1 saturated heterocycles. The number of hydrogen-bond acceptors (Lipinski definition) is 5. The molecule has 0 spiro atoms. The van der Waals surface area contributed by atoms with Gasteiger partial charge in [-0.25, -0.2) is 0 Å². The molecule has 3 N–H and O–H groups in total.